The number of aryl methyl sites for hydroxylation is 1. The van der Waals surface area contributed by atoms with E-state index < -0.39 is 0 Å². The highest BCUT2D eigenvalue weighted by Crippen LogP contribution is 2.39. The fourth-order valence-electron chi connectivity index (χ4n) is 7.37. The molecule has 0 aliphatic heterocycles. The van der Waals surface area contributed by atoms with E-state index in [2.05, 4.69) is 195 Å². The molecule has 0 fully saturated rings. The molecular formula is C51H44N2O. The molecule has 264 valence electrons. The van der Waals surface area contributed by atoms with Crippen molar-refractivity contribution >= 4 is 32.9 Å². The van der Waals surface area contributed by atoms with E-state index >= 15 is 0 Å². The molecular weight excluding hydrogens is 657 g/mol. The van der Waals surface area contributed by atoms with E-state index in [0.717, 1.165) is 34.3 Å². The Balaban J connectivity index is 0.000000640. The van der Waals surface area contributed by atoms with Crippen molar-refractivity contribution in [2.24, 2.45) is 0 Å². The van der Waals surface area contributed by atoms with E-state index in [-0.39, 0.29) is 0 Å². The van der Waals surface area contributed by atoms with Crippen LogP contribution in [-0.4, -0.2) is 9.55 Å². The molecule has 3 heteroatoms. The van der Waals surface area contributed by atoms with Crippen molar-refractivity contribution < 1.29 is 4.42 Å². The second kappa shape index (κ2) is 15.7. The number of hydrogen-bond donors (Lipinski definition) is 0. The minimum Gasteiger partial charge on any atom is -0.436 e. The number of hydrogen-bond acceptors (Lipinski definition) is 2. The summed E-state index contributed by atoms with van der Waals surface area (Å²) < 4.78 is 8.48. The third-order valence-electron chi connectivity index (χ3n) is 10.2. The average Bonchev–Trinajstić information content (AvgIpc) is 3.82. The molecule has 54 heavy (non-hydrogen) atoms. The van der Waals surface area contributed by atoms with Gasteiger partial charge in [0, 0.05) is 22.0 Å². The van der Waals surface area contributed by atoms with Crippen LogP contribution in [0.25, 0.3) is 83.4 Å². The summed E-state index contributed by atoms with van der Waals surface area (Å²) in [6.45, 7) is 6.39. The Kier molecular flexibility index (Phi) is 10.0. The van der Waals surface area contributed by atoms with Crippen molar-refractivity contribution in [2.45, 2.75) is 40.0 Å². The Morgan fingerprint density at radius 2 is 1.07 bits per heavy atom. The Hall–Kier alpha value is -6.45. The number of para-hydroxylation sites is 2. The minimum atomic E-state index is 0.646. The van der Waals surface area contributed by atoms with Crippen molar-refractivity contribution in [3.63, 3.8) is 0 Å². The van der Waals surface area contributed by atoms with Crippen LogP contribution in [0, 0.1) is 0 Å². The third kappa shape index (κ3) is 6.77. The molecule has 0 spiro atoms. The van der Waals surface area contributed by atoms with Gasteiger partial charge < -0.3 is 8.98 Å². The van der Waals surface area contributed by atoms with Gasteiger partial charge in [-0.1, -0.05) is 148 Å². The topological polar surface area (TPSA) is 31.0 Å². The van der Waals surface area contributed by atoms with E-state index in [1.807, 2.05) is 6.07 Å². The van der Waals surface area contributed by atoms with E-state index in [9.17, 15) is 0 Å². The average molecular weight is 701 g/mol. The van der Waals surface area contributed by atoms with Crippen LogP contribution in [0.5, 0.6) is 0 Å². The molecule has 0 bridgehead atoms. The van der Waals surface area contributed by atoms with Crippen molar-refractivity contribution in [1.29, 1.82) is 0 Å². The number of fused-ring (bicyclic) bond motifs is 4. The number of oxazole rings is 1. The lowest BCUT2D eigenvalue weighted by molar-refractivity contribution is 0.620. The molecule has 2 aromatic heterocycles. The first kappa shape index (κ1) is 34.6. The van der Waals surface area contributed by atoms with E-state index in [1.165, 1.54) is 68.0 Å². The van der Waals surface area contributed by atoms with Gasteiger partial charge in [-0.05, 0) is 107 Å². The van der Waals surface area contributed by atoms with Crippen LogP contribution in [0.15, 0.2) is 180 Å². The summed E-state index contributed by atoms with van der Waals surface area (Å²) in [6.07, 6.45) is 7.74. The molecule has 0 aliphatic rings. The first-order valence-corrected chi connectivity index (χ1v) is 19.1. The van der Waals surface area contributed by atoms with Crippen LogP contribution < -0.4 is 0 Å². The highest BCUT2D eigenvalue weighted by Gasteiger charge is 2.15. The van der Waals surface area contributed by atoms with Crippen LogP contribution in [-0.2, 0) is 6.42 Å². The molecule has 9 rings (SSSR count). The first-order chi connectivity index (χ1) is 26.7. The zero-order valence-electron chi connectivity index (χ0n) is 31.2. The molecule has 2 heterocycles. The molecule has 0 atom stereocenters. The molecule has 0 N–H and O–H groups in total. The van der Waals surface area contributed by atoms with Gasteiger partial charge in [-0.2, -0.15) is 0 Å². The highest BCUT2D eigenvalue weighted by molar-refractivity contribution is 6.09. The van der Waals surface area contributed by atoms with Gasteiger partial charge in [0.25, 0.3) is 0 Å². The Morgan fingerprint density at radius 3 is 1.61 bits per heavy atom. The van der Waals surface area contributed by atoms with Crippen molar-refractivity contribution in [3.05, 3.63) is 182 Å². The Morgan fingerprint density at radius 1 is 0.556 bits per heavy atom. The minimum absolute atomic E-state index is 0.646. The maximum atomic E-state index is 6.12. The largest absolute Gasteiger partial charge is 0.436 e. The smallest absolute Gasteiger partial charge is 0.227 e. The first-order valence-electron chi connectivity index (χ1n) is 19.1. The number of rotatable bonds is 8. The molecule has 9 aromatic rings. The van der Waals surface area contributed by atoms with Crippen molar-refractivity contribution in [1.82, 2.24) is 9.55 Å². The number of nitrogens with zero attached hydrogens (tertiary/aromatic N) is 2. The molecule has 0 radical (unpaired) electrons. The highest BCUT2D eigenvalue weighted by atomic mass is 16.3. The lowest BCUT2D eigenvalue weighted by atomic mass is 9.89. The SMILES string of the molecule is C/C=C\CCC.CCc1ccc2oc(-c3ccc(-c4ccccc4-c4ccccc4-c4ccc(-n5c6ccccc6c6ccccc65)cc4)cc3)nc2c1. The quantitative estimate of drug-likeness (QED) is 0.148. The molecule has 0 saturated carbocycles. The van der Waals surface area contributed by atoms with Gasteiger partial charge in [0.15, 0.2) is 5.58 Å². The summed E-state index contributed by atoms with van der Waals surface area (Å²) in [5.74, 6) is 0.646. The van der Waals surface area contributed by atoms with E-state index in [4.69, 9.17) is 9.40 Å². The van der Waals surface area contributed by atoms with Gasteiger partial charge in [-0.15, -0.1) is 0 Å². The lowest BCUT2D eigenvalue weighted by Crippen LogP contribution is -1.94. The van der Waals surface area contributed by atoms with Gasteiger partial charge in [-0.25, -0.2) is 4.98 Å². The molecule has 3 nitrogen and oxygen atoms in total. The summed E-state index contributed by atoms with van der Waals surface area (Å²) in [5, 5.41) is 2.54. The van der Waals surface area contributed by atoms with Gasteiger partial charge in [0.05, 0.1) is 11.0 Å². The normalized spacial score (nSPS) is 11.4. The van der Waals surface area contributed by atoms with E-state index in [0.29, 0.717) is 5.89 Å². The molecule has 0 saturated heterocycles. The summed E-state index contributed by atoms with van der Waals surface area (Å²) in [4.78, 5) is 4.79. The zero-order chi connectivity index (χ0) is 36.9. The monoisotopic (exact) mass is 700 g/mol. The van der Waals surface area contributed by atoms with Gasteiger partial charge in [0.2, 0.25) is 5.89 Å². The fraction of sp³-hybridized carbons (Fsp3) is 0.118. The van der Waals surface area contributed by atoms with Gasteiger partial charge in [0.1, 0.15) is 5.52 Å². The zero-order valence-corrected chi connectivity index (χ0v) is 31.2. The molecule has 0 amide bonds. The maximum Gasteiger partial charge on any atom is 0.227 e. The fourth-order valence-corrected chi connectivity index (χ4v) is 7.37. The molecule has 0 aliphatic carbocycles. The number of aromatic nitrogens is 2. The maximum absolute atomic E-state index is 6.12. The number of allylic oxidation sites excluding steroid dienone is 2. The molecule has 7 aromatic carbocycles. The lowest BCUT2D eigenvalue weighted by Gasteiger charge is -2.15. The number of benzene rings is 7. The second-order valence-electron chi connectivity index (χ2n) is 13.6. The predicted molar refractivity (Wildman–Crippen MR) is 229 cm³/mol. The van der Waals surface area contributed by atoms with Crippen LogP contribution in [0.4, 0.5) is 0 Å². The second-order valence-corrected chi connectivity index (χ2v) is 13.6. The Bertz CT molecular complexity index is 2660. The predicted octanol–water partition coefficient (Wildman–Crippen LogP) is 14.5. The summed E-state index contributed by atoms with van der Waals surface area (Å²) in [5.41, 5.74) is 14.6. The van der Waals surface area contributed by atoms with Crippen LogP contribution in [0.2, 0.25) is 0 Å². The van der Waals surface area contributed by atoms with Crippen LogP contribution in [0.3, 0.4) is 0 Å². The standard InChI is InChI=1S/C45H32N2O.C6H12/c1-2-30-19-28-44-41(29-30)46-45(48-44)33-22-20-31(21-23-33)35-11-3-5-13-37(35)38-14-6-4-12-36(38)32-24-26-34(27-25-32)47-42-17-9-7-15-39(42)40-16-8-10-18-43(40)47;1-3-5-6-4-2/h3-29H,2H2,1H3;3,5H,4,6H2,1-2H3/b;5-3-. The van der Waals surface area contributed by atoms with Crippen molar-refractivity contribution in [3.8, 4) is 50.5 Å². The molecule has 0 unspecified atom stereocenters. The van der Waals surface area contributed by atoms with E-state index in [1.54, 1.807) is 0 Å². The summed E-state index contributed by atoms with van der Waals surface area (Å²) >= 11 is 0. The Labute approximate surface area is 317 Å². The third-order valence-corrected chi connectivity index (χ3v) is 10.2. The van der Waals surface area contributed by atoms with Gasteiger partial charge >= 0.3 is 0 Å². The van der Waals surface area contributed by atoms with Crippen LogP contribution in [0.1, 0.15) is 39.2 Å². The summed E-state index contributed by atoms with van der Waals surface area (Å²) in [6, 6.07) is 58.4. The number of unbranched alkanes of at least 4 members (excludes halogenated alkanes) is 1. The summed E-state index contributed by atoms with van der Waals surface area (Å²) in [7, 11) is 0. The van der Waals surface area contributed by atoms with Crippen LogP contribution >= 0.6 is 0 Å². The van der Waals surface area contributed by atoms with Crippen molar-refractivity contribution in [2.75, 3.05) is 0 Å². The van der Waals surface area contributed by atoms with Gasteiger partial charge in [-0.3, -0.25) is 0 Å².